The molecule has 0 saturated heterocycles. The van der Waals surface area contributed by atoms with Crippen molar-refractivity contribution in [3.8, 4) is 0 Å². The molecule has 1 unspecified atom stereocenters. The summed E-state index contributed by atoms with van der Waals surface area (Å²) in [5.74, 6) is -0.969. The molecule has 0 aliphatic rings. The van der Waals surface area contributed by atoms with Gasteiger partial charge in [0.15, 0.2) is 0 Å². The Morgan fingerprint density at radius 1 is 1.80 bits per heavy atom. The fraction of sp³-hybridized carbons (Fsp3) is 0.286. The molecule has 0 aromatic carbocycles. The first-order valence-corrected chi connectivity index (χ1v) is 3.68. The van der Waals surface area contributed by atoms with Gasteiger partial charge in [-0.15, -0.1) is 6.58 Å². The molecule has 2 nitrogen and oxygen atoms in total. The van der Waals surface area contributed by atoms with E-state index in [1.54, 1.807) is 6.08 Å². The monoisotopic (exact) mass is 204 g/mol. The van der Waals surface area contributed by atoms with Crippen LogP contribution >= 0.6 is 15.9 Å². The summed E-state index contributed by atoms with van der Waals surface area (Å²) in [5, 5.41) is 8.42. The van der Waals surface area contributed by atoms with Gasteiger partial charge in [0, 0.05) is 10.4 Å². The lowest BCUT2D eigenvalue weighted by Gasteiger charge is -2.04. The largest absolute Gasteiger partial charge is 0.478 e. The molecule has 0 bridgehead atoms. The Morgan fingerprint density at radius 2 is 2.30 bits per heavy atom. The molecule has 1 atom stereocenters. The number of hydrogen-bond donors (Lipinski definition) is 1. The van der Waals surface area contributed by atoms with Gasteiger partial charge in [0.25, 0.3) is 0 Å². The molecule has 0 aromatic heterocycles. The van der Waals surface area contributed by atoms with Crippen molar-refractivity contribution in [2.45, 2.75) is 11.2 Å². The third kappa shape index (κ3) is 2.82. The number of aliphatic carboxylic acids is 1. The van der Waals surface area contributed by atoms with Crippen LogP contribution in [0.25, 0.3) is 0 Å². The summed E-state index contributed by atoms with van der Waals surface area (Å²) < 4.78 is 0. The highest BCUT2D eigenvalue weighted by atomic mass is 79.9. The minimum Gasteiger partial charge on any atom is -0.478 e. The molecule has 0 amide bonds. The quantitative estimate of drug-likeness (QED) is 0.432. The zero-order valence-electron chi connectivity index (χ0n) is 5.51. The lowest BCUT2D eigenvalue weighted by atomic mass is 10.2. The zero-order chi connectivity index (χ0) is 8.15. The van der Waals surface area contributed by atoms with Crippen molar-refractivity contribution < 1.29 is 9.90 Å². The van der Waals surface area contributed by atoms with Crippen molar-refractivity contribution in [3.63, 3.8) is 0 Å². The highest BCUT2D eigenvalue weighted by Crippen LogP contribution is 2.14. The van der Waals surface area contributed by atoms with Gasteiger partial charge in [0.1, 0.15) is 0 Å². The van der Waals surface area contributed by atoms with Crippen LogP contribution in [0.5, 0.6) is 0 Å². The maximum absolute atomic E-state index is 10.3. The molecule has 0 saturated carbocycles. The number of carbonyl (C=O) groups is 1. The number of halogens is 1. The fourth-order valence-corrected chi connectivity index (χ4v) is 0.883. The average Bonchev–Trinajstić information content (AvgIpc) is 1.87. The van der Waals surface area contributed by atoms with Gasteiger partial charge in [-0.25, -0.2) is 4.79 Å². The lowest BCUT2D eigenvalue weighted by molar-refractivity contribution is -0.132. The summed E-state index contributed by atoms with van der Waals surface area (Å²) in [6, 6.07) is 0. The molecule has 0 aromatic rings. The molecule has 0 rings (SSSR count). The first-order valence-electron chi connectivity index (χ1n) is 2.76. The second-order valence-corrected chi connectivity index (χ2v) is 2.93. The summed E-state index contributed by atoms with van der Waals surface area (Å²) in [6.45, 7) is 6.86. The molecular formula is C7H9BrO2. The number of allylic oxidation sites excluding steroid dienone is 1. The maximum atomic E-state index is 10.3. The lowest BCUT2D eigenvalue weighted by Crippen LogP contribution is -2.09. The highest BCUT2D eigenvalue weighted by molar-refractivity contribution is 9.09. The summed E-state index contributed by atoms with van der Waals surface area (Å²) in [7, 11) is 0. The predicted molar refractivity (Wildman–Crippen MR) is 44.3 cm³/mol. The third-order valence-corrected chi connectivity index (χ3v) is 1.95. The van der Waals surface area contributed by atoms with E-state index in [1.165, 1.54) is 0 Å². The summed E-state index contributed by atoms with van der Waals surface area (Å²) in [6.07, 6.45) is 2.23. The molecule has 0 aliphatic heterocycles. The van der Waals surface area contributed by atoms with E-state index in [9.17, 15) is 4.79 Å². The Kier molecular flexibility index (Phi) is 4.03. The van der Waals surface area contributed by atoms with Crippen molar-refractivity contribution >= 4 is 21.9 Å². The molecule has 0 aliphatic carbocycles. The van der Waals surface area contributed by atoms with Crippen molar-refractivity contribution in [1.82, 2.24) is 0 Å². The maximum Gasteiger partial charge on any atom is 0.332 e. The fourth-order valence-electron chi connectivity index (χ4n) is 0.423. The summed E-state index contributed by atoms with van der Waals surface area (Å²) in [5.41, 5.74) is 0.167. The minimum absolute atomic E-state index is 0.167. The molecule has 0 heterocycles. The second-order valence-electron chi connectivity index (χ2n) is 1.82. The van der Waals surface area contributed by atoms with E-state index >= 15 is 0 Å². The van der Waals surface area contributed by atoms with E-state index in [0.717, 1.165) is 0 Å². The van der Waals surface area contributed by atoms with Crippen molar-refractivity contribution in [1.29, 1.82) is 0 Å². The Bertz CT molecular complexity index is 163. The molecule has 0 radical (unpaired) electrons. The van der Waals surface area contributed by atoms with Crippen LogP contribution < -0.4 is 0 Å². The minimum atomic E-state index is -0.969. The highest BCUT2D eigenvalue weighted by Gasteiger charge is 2.12. The first-order chi connectivity index (χ1) is 4.59. The number of alkyl halides is 1. The van der Waals surface area contributed by atoms with E-state index < -0.39 is 5.97 Å². The van der Waals surface area contributed by atoms with Crippen LogP contribution in [0.2, 0.25) is 0 Å². The van der Waals surface area contributed by atoms with Crippen LogP contribution in [0.1, 0.15) is 6.42 Å². The standard InChI is InChI=1S/C7H9BrO2/c1-3-4-6(8)5(2)7(9)10/h3,6H,1-2,4H2,(H,9,10). The van der Waals surface area contributed by atoms with Crippen LogP contribution in [0.3, 0.4) is 0 Å². The van der Waals surface area contributed by atoms with Crippen molar-refractivity contribution in [2.24, 2.45) is 0 Å². The Labute approximate surface area is 68.4 Å². The van der Waals surface area contributed by atoms with E-state index in [1.807, 2.05) is 0 Å². The first kappa shape index (κ1) is 9.43. The number of carboxylic acid groups (broad SMARTS) is 1. The van der Waals surface area contributed by atoms with Crippen LogP contribution in [-0.2, 0) is 4.79 Å². The van der Waals surface area contributed by atoms with Crippen LogP contribution in [-0.4, -0.2) is 15.9 Å². The van der Waals surface area contributed by atoms with Gasteiger partial charge in [-0.2, -0.15) is 0 Å². The summed E-state index contributed by atoms with van der Waals surface area (Å²) >= 11 is 3.15. The number of carboxylic acids is 1. The van der Waals surface area contributed by atoms with Gasteiger partial charge in [-0.1, -0.05) is 28.6 Å². The van der Waals surface area contributed by atoms with Gasteiger partial charge < -0.3 is 5.11 Å². The van der Waals surface area contributed by atoms with Gasteiger partial charge >= 0.3 is 5.97 Å². The number of rotatable bonds is 4. The van der Waals surface area contributed by atoms with Gasteiger partial charge in [-0.05, 0) is 6.42 Å². The number of hydrogen-bond acceptors (Lipinski definition) is 1. The molecule has 0 spiro atoms. The molecule has 56 valence electrons. The average molecular weight is 205 g/mol. The zero-order valence-corrected chi connectivity index (χ0v) is 7.10. The van der Waals surface area contributed by atoms with E-state index in [-0.39, 0.29) is 10.4 Å². The van der Waals surface area contributed by atoms with Crippen LogP contribution in [0.4, 0.5) is 0 Å². The van der Waals surface area contributed by atoms with E-state index in [4.69, 9.17) is 5.11 Å². The second kappa shape index (κ2) is 4.28. The Hall–Kier alpha value is -0.570. The van der Waals surface area contributed by atoms with Gasteiger partial charge in [-0.3, -0.25) is 0 Å². The molecule has 10 heavy (non-hydrogen) atoms. The smallest absolute Gasteiger partial charge is 0.332 e. The summed E-state index contributed by atoms with van der Waals surface area (Å²) in [4.78, 5) is 10.1. The molecule has 0 fully saturated rings. The molecular weight excluding hydrogens is 196 g/mol. The van der Waals surface area contributed by atoms with Crippen LogP contribution in [0.15, 0.2) is 24.8 Å². The van der Waals surface area contributed by atoms with Gasteiger partial charge in [0.2, 0.25) is 0 Å². The topological polar surface area (TPSA) is 37.3 Å². The molecule has 1 N–H and O–H groups in total. The third-order valence-electron chi connectivity index (χ3n) is 1.03. The Morgan fingerprint density at radius 3 is 2.60 bits per heavy atom. The van der Waals surface area contributed by atoms with Gasteiger partial charge in [0.05, 0.1) is 0 Å². The molecule has 3 heteroatoms. The normalized spacial score (nSPS) is 12.1. The van der Waals surface area contributed by atoms with Crippen molar-refractivity contribution in [3.05, 3.63) is 24.8 Å². The SMILES string of the molecule is C=CCC(Br)C(=C)C(=O)O. The Balaban J connectivity index is 3.94. The van der Waals surface area contributed by atoms with Crippen molar-refractivity contribution in [2.75, 3.05) is 0 Å². The predicted octanol–water partition coefficient (Wildman–Crippen LogP) is 1.97. The van der Waals surface area contributed by atoms with E-state index in [2.05, 4.69) is 29.1 Å². The van der Waals surface area contributed by atoms with Crippen LogP contribution in [0, 0.1) is 0 Å². The van der Waals surface area contributed by atoms with E-state index in [0.29, 0.717) is 6.42 Å².